The number of anilines is 1. The topological polar surface area (TPSA) is 70.6 Å². The highest BCUT2D eigenvalue weighted by molar-refractivity contribution is 9.10. The van der Waals surface area contributed by atoms with Gasteiger partial charge in [0.05, 0.1) is 16.8 Å². The lowest BCUT2D eigenvalue weighted by atomic mass is 10.1. The fourth-order valence-corrected chi connectivity index (χ4v) is 3.31. The number of rotatable bonds is 5. The smallest absolute Gasteiger partial charge is 0.271 e. The Morgan fingerprint density at radius 3 is 2.38 bits per heavy atom. The number of carbonyl (C=O) groups excluding carboxylic acids is 2. The molecule has 5 nitrogen and oxygen atoms in total. The van der Waals surface area contributed by atoms with Gasteiger partial charge in [0.15, 0.2) is 0 Å². The van der Waals surface area contributed by atoms with Gasteiger partial charge in [-0.05, 0) is 60.2 Å². The third-order valence-electron chi connectivity index (χ3n) is 3.81. The highest BCUT2D eigenvalue weighted by Crippen LogP contribution is 2.22. The molecule has 3 aromatic rings. The van der Waals surface area contributed by atoms with Crippen LogP contribution in [0.25, 0.3) is 0 Å². The molecule has 2 amide bonds. The SMILES string of the molecule is O=C(N/N=C\c1cccc(Br)c1)c1ccc(NC(=O)c2ccc(Cl)cc2Cl)cc1. The summed E-state index contributed by atoms with van der Waals surface area (Å²) in [5.74, 6) is -0.739. The second kappa shape index (κ2) is 9.69. The van der Waals surface area contributed by atoms with Gasteiger partial charge in [-0.15, -0.1) is 0 Å². The predicted octanol–water partition coefficient (Wildman–Crippen LogP) is 5.77. The lowest BCUT2D eigenvalue weighted by Crippen LogP contribution is -2.18. The number of nitrogens with one attached hydrogen (secondary N) is 2. The van der Waals surface area contributed by atoms with Crippen LogP contribution < -0.4 is 10.7 Å². The van der Waals surface area contributed by atoms with Gasteiger partial charge >= 0.3 is 0 Å². The predicted molar refractivity (Wildman–Crippen MR) is 120 cm³/mol. The Balaban J connectivity index is 1.60. The largest absolute Gasteiger partial charge is 0.322 e. The van der Waals surface area contributed by atoms with Crippen LogP contribution in [0.1, 0.15) is 26.3 Å². The monoisotopic (exact) mass is 489 g/mol. The summed E-state index contributed by atoms with van der Waals surface area (Å²) >= 11 is 15.3. The Kier molecular flexibility index (Phi) is 7.04. The van der Waals surface area contributed by atoms with Crippen LogP contribution >= 0.6 is 39.1 Å². The maximum atomic E-state index is 12.3. The van der Waals surface area contributed by atoms with E-state index in [0.717, 1.165) is 10.0 Å². The van der Waals surface area contributed by atoms with Crippen LogP contribution in [-0.2, 0) is 0 Å². The number of amides is 2. The zero-order chi connectivity index (χ0) is 20.8. The van der Waals surface area contributed by atoms with E-state index in [4.69, 9.17) is 23.2 Å². The summed E-state index contributed by atoms with van der Waals surface area (Å²) in [6, 6.07) is 18.6. The minimum absolute atomic E-state index is 0.259. The van der Waals surface area contributed by atoms with Crippen molar-refractivity contribution < 1.29 is 9.59 Å². The molecule has 0 aromatic heterocycles. The molecule has 0 fully saturated rings. The Labute approximate surface area is 185 Å². The average Bonchev–Trinajstić information content (AvgIpc) is 2.68. The third kappa shape index (κ3) is 5.90. The number of nitrogens with zero attached hydrogens (tertiary/aromatic N) is 1. The van der Waals surface area contributed by atoms with Crippen LogP contribution in [0.15, 0.2) is 76.3 Å². The first kappa shape index (κ1) is 21.0. The van der Waals surface area contributed by atoms with Crippen molar-refractivity contribution in [1.82, 2.24) is 5.43 Å². The molecule has 0 aliphatic carbocycles. The first-order valence-corrected chi connectivity index (χ1v) is 9.93. The molecule has 0 aliphatic rings. The van der Waals surface area contributed by atoms with Gasteiger partial charge in [-0.2, -0.15) is 5.10 Å². The minimum atomic E-state index is -0.373. The van der Waals surface area contributed by atoms with Crippen molar-refractivity contribution in [3.05, 3.63) is 97.9 Å². The maximum Gasteiger partial charge on any atom is 0.271 e. The molecule has 2 N–H and O–H groups in total. The summed E-state index contributed by atoms with van der Waals surface area (Å²) in [5.41, 5.74) is 4.54. The van der Waals surface area contributed by atoms with E-state index in [0.29, 0.717) is 21.8 Å². The van der Waals surface area contributed by atoms with Gasteiger partial charge in [0, 0.05) is 20.7 Å². The highest BCUT2D eigenvalue weighted by Gasteiger charge is 2.11. The number of benzene rings is 3. The van der Waals surface area contributed by atoms with Crippen molar-refractivity contribution in [2.75, 3.05) is 5.32 Å². The van der Waals surface area contributed by atoms with Gasteiger partial charge in [-0.3, -0.25) is 9.59 Å². The van der Waals surface area contributed by atoms with E-state index in [1.807, 2.05) is 24.3 Å². The van der Waals surface area contributed by atoms with E-state index in [1.165, 1.54) is 6.07 Å². The first-order chi connectivity index (χ1) is 13.9. The molecule has 0 atom stereocenters. The Morgan fingerprint density at radius 2 is 1.69 bits per heavy atom. The quantitative estimate of drug-likeness (QED) is 0.352. The molecule has 3 aromatic carbocycles. The van der Waals surface area contributed by atoms with Gasteiger partial charge < -0.3 is 5.32 Å². The van der Waals surface area contributed by atoms with Crippen LogP contribution in [0.2, 0.25) is 10.0 Å². The van der Waals surface area contributed by atoms with E-state index in [1.54, 1.807) is 42.6 Å². The number of halogens is 3. The second-order valence-corrected chi connectivity index (χ2v) is 7.67. The van der Waals surface area contributed by atoms with Gasteiger partial charge in [0.1, 0.15) is 0 Å². The number of carbonyl (C=O) groups is 2. The summed E-state index contributed by atoms with van der Waals surface area (Å²) in [5, 5.41) is 7.38. The molecule has 0 saturated heterocycles. The van der Waals surface area contributed by atoms with E-state index in [2.05, 4.69) is 31.8 Å². The molecule has 0 unspecified atom stereocenters. The van der Waals surface area contributed by atoms with E-state index < -0.39 is 0 Å². The van der Waals surface area contributed by atoms with Gasteiger partial charge in [0.25, 0.3) is 11.8 Å². The Hall–Kier alpha value is -2.67. The summed E-state index contributed by atoms with van der Waals surface area (Å²) in [4.78, 5) is 24.5. The molecule has 3 rings (SSSR count). The summed E-state index contributed by atoms with van der Waals surface area (Å²) in [6.07, 6.45) is 1.55. The van der Waals surface area contributed by atoms with Gasteiger partial charge in [-0.25, -0.2) is 5.43 Å². The number of hydrogen-bond donors (Lipinski definition) is 2. The van der Waals surface area contributed by atoms with E-state index in [-0.39, 0.29) is 16.8 Å². The van der Waals surface area contributed by atoms with Gasteiger partial charge in [-0.1, -0.05) is 51.3 Å². The van der Waals surface area contributed by atoms with Crippen LogP contribution in [0.3, 0.4) is 0 Å². The lowest BCUT2D eigenvalue weighted by molar-refractivity contribution is 0.0954. The Bertz CT molecular complexity index is 1090. The third-order valence-corrected chi connectivity index (χ3v) is 4.85. The minimum Gasteiger partial charge on any atom is -0.322 e. The van der Waals surface area contributed by atoms with E-state index >= 15 is 0 Å². The molecule has 0 saturated carbocycles. The maximum absolute atomic E-state index is 12.3. The molecule has 0 radical (unpaired) electrons. The van der Waals surface area contributed by atoms with Crippen molar-refractivity contribution in [3.63, 3.8) is 0 Å². The van der Waals surface area contributed by atoms with Crippen molar-refractivity contribution >= 4 is 62.8 Å². The Morgan fingerprint density at radius 1 is 0.931 bits per heavy atom. The molecule has 146 valence electrons. The van der Waals surface area contributed by atoms with Gasteiger partial charge in [0.2, 0.25) is 0 Å². The molecular weight excluding hydrogens is 477 g/mol. The molecule has 0 heterocycles. The van der Waals surface area contributed by atoms with Crippen LogP contribution in [0.4, 0.5) is 5.69 Å². The fraction of sp³-hybridized carbons (Fsp3) is 0. The molecule has 0 bridgehead atoms. The summed E-state index contributed by atoms with van der Waals surface area (Å²) in [7, 11) is 0. The van der Waals surface area contributed by atoms with Crippen LogP contribution in [0.5, 0.6) is 0 Å². The summed E-state index contributed by atoms with van der Waals surface area (Å²) < 4.78 is 0.922. The molecular formula is C21H14BrCl2N3O2. The number of hydrazone groups is 1. The first-order valence-electron chi connectivity index (χ1n) is 8.38. The molecule has 0 aliphatic heterocycles. The zero-order valence-electron chi connectivity index (χ0n) is 14.8. The molecule has 29 heavy (non-hydrogen) atoms. The molecule has 0 spiro atoms. The number of hydrogen-bond acceptors (Lipinski definition) is 3. The van der Waals surface area contributed by atoms with Crippen LogP contribution in [-0.4, -0.2) is 18.0 Å². The van der Waals surface area contributed by atoms with Crippen molar-refractivity contribution in [2.24, 2.45) is 5.10 Å². The molecule has 8 heteroatoms. The van der Waals surface area contributed by atoms with Crippen LogP contribution in [0, 0.1) is 0 Å². The van der Waals surface area contributed by atoms with E-state index in [9.17, 15) is 9.59 Å². The van der Waals surface area contributed by atoms with Crippen molar-refractivity contribution in [2.45, 2.75) is 0 Å². The lowest BCUT2D eigenvalue weighted by Gasteiger charge is -2.08. The second-order valence-electron chi connectivity index (χ2n) is 5.91. The zero-order valence-corrected chi connectivity index (χ0v) is 17.9. The standard InChI is InChI=1S/C21H14BrCl2N3O2/c22-15-3-1-2-13(10-15)12-25-27-20(28)14-4-7-17(8-5-14)26-21(29)18-9-6-16(23)11-19(18)24/h1-12H,(H,26,29)(H,27,28)/b25-12-. The van der Waals surface area contributed by atoms with Crippen molar-refractivity contribution in [1.29, 1.82) is 0 Å². The normalized spacial score (nSPS) is 10.7. The average molecular weight is 491 g/mol. The van der Waals surface area contributed by atoms with Crippen molar-refractivity contribution in [3.8, 4) is 0 Å². The highest BCUT2D eigenvalue weighted by atomic mass is 79.9. The summed E-state index contributed by atoms with van der Waals surface area (Å²) in [6.45, 7) is 0. The fourth-order valence-electron chi connectivity index (χ4n) is 2.39.